The zero-order valence-corrected chi connectivity index (χ0v) is 10.9. The number of benzene rings is 1. The topological polar surface area (TPSA) is 82.7 Å². The van der Waals surface area contributed by atoms with Gasteiger partial charge < -0.3 is 10.6 Å². The Labute approximate surface area is 115 Å². The van der Waals surface area contributed by atoms with Crippen molar-refractivity contribution in [3.8, 4) is 0 Å². The fourth-order valence-electron chi connectivity index (χ4n) is 2.23. The summed E-state index contributed by atoms with van der Waals surface area (Å²) >= 11 is 0. The highest BCUT2D eigenvalue weighted by Gasteiger charge is 2.20. The first-order valence-electron chi connectivity index (χ1n) is 6.50. The largest absolute Gasteiger partial charge is 0.382 e. The Hall–Kier alpha value is -2.44. The molecule has 2 aromatic rings. The summed E-state index contributed by atoms with van der Waals surface area (Å²) in [4.78, 5) is 2.12. The molecule has 0 radical (unpaired) electrons. The van der Waals surface area contributed by atoms with Gasteiger partial charge in [-0.15, -0.1) is 5.11 Å². The highest BCUT2D eigenvalue weighted by molar-refractivity contribution is 5.73. The van der Waals surface area contributed by atoms with Crippen molar-refractivity contribution in [1.29, 1.82) is 0 Å². The molecule has 1 aliphatic rings. The van der Waals surface area contributed by atoms with Crippen LogP contribution >= 0.6 is 0 Å². The summed E-state index contributed by atoms with van der Waals surface area (Å²) in [6, 6.07) is 5.94. The molecule has 0 saturated carbocycles. The number of anilines is 2. The van der Waals surface area contributed by atoms with Crippen LogP contribution in [0.25, 0.3) is 0 Å². The van der Waals surface area contributed by atoms with Gasteiger partial charge in [-0.25, -0.2) is 4.39 Å². The molecule has 3 rings (SSSR count). The standard InChI is InChI=1S/C13H15FN6/c14-9-4-3-5-10(8-9)16-17-11-12(15)18-19-13(11)20-6-1-2-7-20/h3-5,8H,1-2,6-7H2,(H3,15,18,19). The molecule has 7 heteroatoms. The number of hydrogen-bond donors (Lipinski definition) is 2. The van der Waals surface area contributed by atoms with Crippen LogP contribution in [0, 0.1) is 5.82 Å². The Morgan fingerprint density at radius 3 is 2.80 bits per heavy atom. The van der Waals surface area contributed by atoms with E-state index >= 15 is 0 Å². The molecule has 1 aromatic heterocycles. The lowest BCUT2D eigenvalue weighted by molar-refractivity contribution is 0.628. The van der Waals surface area contributed by atoms with Gasteiger partial charge in [-0.1, -0.05) is 6.07 Å². The third kappa shape index (κ3) is 2.47. The van der Waals surface area contributed by atoms with Crippen molar-refractivity contribution in [1.82, 2.24) is 10.2 Å². The Bertz CT molecular complexity index is 630. The van der Waals surface area contributed by atoms with Crippen molar-refractivity contribution in [3.63, 3.8) is 0 Å². The smallest absolute Gasteiger partial charge is 0.180 e. The molecule has 3 N–H and O–H groups in total. The average Bonchev–Trinajstić information content (AvgIpc) is 3.06. The highest BCUT2D eigenvalue weighted by Crippen LogP contribution is 2.34. The zero-order valence-electron chi connectivity index (χ0n) is 10.9. The van der Waals surface area contributed by atoms with E-state index in [0.717, 1.165) is 25.9 Å². The van der Waals surface area contributed by atoms with Crippen molar-refractivity contribution in [2.45, 2.75) is 12.8 Å². The summed E-state index contributed by atoms with van der Waals surface area (Å²) in [7, 11) is 0. The maximum atomic E-state index is 13.1. The third-order valence-corrected chi connectivity index (χ3v) is 3.23. The van der Waals surface area contributed by atoms with Gasteiger partial charge in [0, 0.05) is 19.2 Å². The number of rotatable bonds is 3. The minimum Gasteiger partial charge on any atom is -0.382 e. The summed E-state index contributed by atoms with van der Waals surface area (Å²) in [5, 5.41) is 15.0. The van der Waals surface area contributed by atoms with E-state index < -0.39 is 0 Å². The van der Waals surface area contributed by atoms with Crippen molar-refractivity contribution in [3.05, 3.63) is 30.1 Å². The van der Waals surface area contributed by atoms with Crippen LogP contribution in [0.4, 0.5) is 27.4 Å². The Kier molecular flexibility index (Phi) is 3.32. The number of nitrogen functional groups attached to an aromatic ring is 1. The predicted octanol–water partition coefficient (Wildman–Crippen LogP) is 3.15. The molecule has 1 fully saturated rings. The lowest BCUT2D eigenvalue weighted by Crippen LogP contribution is -2.18. The van der Waals surface area contributed by atoms with Gasteiger partial charge in [0.1, 0.15) is 11.6 Å². The molecule has 1 aromatic carbocycles. The third-order valence-electron chi connectivity index (χ3n) is 3.23. The summed E-state index contributed by atoms with van der Waals surface area (Å²) in [5.41, 5.74) is 6.78. The van der Waals surface area contributed by atoms with Gasteiger partial charge in [0.2, 0.25) is 0 Å². The Balaban J connectivity index is 1.88. The number of H-pyrrole nitrogens is 1. The number of azo groups is 1. The van der Waals surface area contributed by atoms with Crippen LogP contribution in [-0.2, 0) is 0 Å². The normalized spacial score (nSPS) is 15.3. The molecular weight excluding hydrogens is 259 g/mol. The van der Waals surface area contributed by atoms with Gasteiger partial charge in [-0.05, 0) is 25.0 Å². The molecule has 1 aliphatic heterocycles. The van der Waals surface area contributed by atoms with Gasteiger partial charge in [0.15, 0.2) is 11.5 Å². The second-order valence-corrected chi connectivity index (χ2v) is 4.68. The van der Waals surface area contributed by atoms with Crippen molar-refractivity contribution in [2.75, 3.05) is 23.7 Å². The number of halogens is 1. The summed E-state index contributed by atoms with van der Waals surface area (Å²) in [6.45, 7) is 1.87. The van der Waals surface area contributed by atoms with E-state index in [1.807, 2.05) is 0 Å². The first-order chi connectivity index (χ1) is 9.74. The number of nitrogens with one attached hydrogen (secondary N) is 1. The van der Waals surface area contributed by atoms with Crippen molar-refractivity contribution < 1.29 is 4.39 Å². The number of nitrogens with two attached hydrogens (primary N) is 1. The van der Waals surface area contributed by atoms with E-state index in [-0.39, 0.29) is 5.82 Å². The Morgan fingerprint density at radius 1 is 1.25 bits per heavy atom. The number of hydrogen-bond acceptors (Lipinski definition) is 5. The van der Waals surface area contributed by atoms with Gasteiger partial charge in [-0.2, -0.15) is 10.2 Å². The van der Waals surface area contributed by atoms with E-state index in [9.17, 15) is 4.39 Å². The quantitative estimate of drug-likeness (QED) is 0.843. The monoisotopic (exact) mass is 274 g/mol. The molecule has 20 heavy (non-hydrogen) atoms. The fourth-order valence-corrected chi connectivity index (χ4v) is 2.23. The fraction of sp³-hybridized carbons (Fsp3) is 0.308. The van der Waals surface area contributed by atoms with E-state index in [1.165, 1.54) is 12.1 Å². The molecule has 0 bridgehead atoms. The molecule has 0 spiro atoms. The minimum atomic E-state index is -0.346. The summed E-state index contributed by atoms with van der Waals surface area (Å²) < 4.78 is 13.1. The van der Waals surface area contributed by atoms with E-state index in [0.29, 0.717) is 23.0 Å². The predicted molar refractivity (Wildman–Crippen MR) is 75.0 cm³/mol. The van der Waals surface area contributed by atoms with Gasteiger partial charge in [0.25, 0.3) is 0 Å². The lowest BCUT2D eigenvalue weighted by Gasteiger charge is -2.13. The van der Waals surface area contributed by atoms with E-state index in [1.54, 1.807) is 12.1 Å². The minimum absolute atomic E-state index is 0.346. The second kappa shape index (κ2) is 5.28. The second-order valence-electron chi connectivity index (χ2n) is 4.68. The van der Waals surface area contributed by atoms with Gasteiger partial charge in [0.05, 0.1) is 5.69 Å². The van der Waals surface area contributed by atoms with Crippen LogP contribution < -0.4 is 10.6 Å². The highest BCUT2D eigenvalue weighted by atomic mass is 19.1. The van der Waals surface area contributed by atoms with E-state index in [4.69, 9.17) is 5.73 Å². The molecule has 0 amide bonds. The first kappa shape index (κ1) is 12.6. The molecular formula is C13H15FN6. The lowest BCUT2D eigenvalue weighted by atomic mass is 10.3. The van der Waals surface area contributed by atoms with Crippen LogP contribution in [0.2, 0.25) is 0 Å². The van der Waals surface area contributed by atoms with Crippen molar-refractivity contribution in [2.24, 2.45) is 10.2 Å². The van der Waals surface area contributed by atoms with Crippen LogP contribution in [0.15, 0.2) is 34.5 Å². The number of nitrogens with zero attached hydrogens (tertiary/aromatic N) is 4. The summed E-state index contributed by atoms with van der Waals surface area (Å²) in [6.07, 6.45) is 2.26. The molecule has 2 heterocycles. The number of aromatic nitrogens is 2. The van der Waals surface area contributed by atoms with E-state index in [2.05, 4.69) is 25.3 Å². The molecule has 0 unspecified atom stereocenters. The average molecular weight is 274 g/mol. The van der Waals surface area contributed by atoms with Crippen LogP contribution in [0.5, 0.6) is 0 Å². The molecule has 104 valence electrons. The van der Waals surface area contributed by atoms with Crippen LogP contribution in [0.1, 0.15) is 12.8 Å². The molecule has 1 saturated heterocycles. The molecule has 0 aliphatic carbocycles. The number of aromatic amines is 1. The Morgan fingerprint density at radius 2 is 2.05 bits per heavy atom. The van der Waals surface area contributed by atoms with Crippen molar-refractivity contribution >= 4 is 23.0 Å². The molecule has 6 nitrogen and oxygen atoms in total. The maximum Gasteiger partial charge on any atom is 0.180 e. The van der Waals surface area contributed by atoms with Crippen LogP contribution in [0.3, 0.4) is 0 Å². The molecule has 0 atom stereocenters. The van der Waals surface area contributed by atoms with Gasteiger partial charge in [-0.3, -0.25) is 5.10 Å². The SMILES string of the molecule is Nc1[nH]nc(N2CCCC2)c1N=Nc1cccc(F)c1. The maximum absolute atomic E-state index is 13.1. The zero-order chi connectivity index (χ0) is 13.9. The van der Waals surface area contributed by atoms with Gasteiger partial charge >= 0.3 is 0 Å². The summed E-state index contributed by atoms with van der Waals surface area (Å²) in [5.74, 6) is 0.730. The first-order valence-corrected chi connectivity index (χ1v) is 6.50. The van der Waals surface area contributed by atoms with Crippen LogP contribution in [-0.4, -0.2) is 23.3 Å².